The smallest absolute Gasteiger partial charge is 0.227 e. The molecule has 1 aromatic carbocycles. The standard InChI is InChI=1S/C17H25N5/c1-5-6-13-22(4)17-18-12-11-16(20-17)19-14-7-9-15(10-8-14)21(2)3/h7-12H,5-6,13H2,1-4H3,(H,18,19,20). The molecule has 1 heterocycles. The van der Waals surface area contributed by atoms with Gasteiger partial charge in [-0.25, -0.2) is 4.98 Å². The number of benzene rings is 1. The molecule has 0 amide bonds. The van der Waals surface area contributed by atoms with Crippen LogP contribution in [0.3, 0.4) is 0 Å². The molecule has 0 aliphatic heterocycles. The highest BCUT2D eigenvalue weighted by atomic mass is 15.2. The SMILES string of the molecule is CCCCN(C)c1nccc(Nc2ccc(N(C)C)cc2)n1. The maximum Gasteiger partial charge on any atom is 0.227 e. The maximum atomic E-state index is 4.57. The van der Waals surface area contributed by atoms with E-state index in [-0.39, 0.29) is 0 Å². The second-order valence-electron chi connectivity index (χ2n) is 5.58. The number of hydrogen-bond acceptors (Lipinski definition) is 5. The minimum atomic E-state index is 0.753. The zero-order valence-electron chi connectivity index (χ0n) is 13.9. The number of nitrogens with one attached hydrogen (secondary N) is 1. The van der Waals surface area contributed by atoms with Gasteiger partial charge in [-0.15, -0.1) is 0 Å². The first-order chi connectivity index (χ1) is 10.6. The molecule has 0 bridgehead atoms. The molecule has 5 nitrogen and oxygen atoms in total. The van der Waals surface area contributed by atoms with Crippen molar-refractivity contribution < 1.29 is 0 Å². The molecule has 0 atom stereocenters. The summed E-state index contributed by atoms with van der Waals surface area (Å²) in [5, 5.41) is 3.33. The zero-order valence-corrected chi connectivity index (χ0v) is 13.9. The lowest BCUT2D eigenvalue weighted by molar-refractivity contribution is 0.750. The molecule has 5 heteroatoms. The number of hydrogen-bond donors (Lipinski definition) is 1. The minimum absolute atomic E-state index is 0.753. The summed E-state index contributed by atoms with van der Waals surface area (Å²) in [7, 11) is 6.09. The van der Waals surface area contributed by atoms with Gasteiger partial charge in [0, 0.05) is 45.3 Å². The van der Waals surface area contributed by atoms with E-state index in [4.69, 9.17) is 0 Å². The van der Waals surface area contributed by atoms with Gasteiger partial charge in [-0.2, -0.15) is 4.98 Å². The van der Waals surface area contributed by atoms with E-state index in [9.17, 15) is 0 Å². The highest BCUT2D eigenvalue weighted by Crippen LogP contribution is 2.19. The molecule has 0 aliphatic carbocycles. The third-order valence-electron chi connectivity index (χ3n) is 3.49. The molecule has 2 aromatic rings. The van der Waals surface area contributed by atoms with E-state index in [1.165, 1.54) is 12.1 Å². The van der Waals surface area contributed by atoms with Crippen LogP contribution < -0.4 is 15.1 Å². The van der Waals surface area contributed by atoms with Crippen molar-refractivity contribution in [2.75, 3.05) is 42.8 Å². The molecule has 0 saturated heterocycles. The second-order valence-corrected chi connectivity index (χ2v) is 5.58. The molecule has 118 valence electrons. The molecular formula is C17H25N5. The van der Waals surface area contributed by atoms with E-state index >= 15 is 0 Å². The van der Waals surface area contributed by atoms with Crippen molar-refractivity contribution in [2.45, 2.75) is 19.8 Å². The summed E-state index contributed by atoms with van der Waals surface area (Å²) in [5.74, 6) is 1.56. The largest absolute Gasteiger partial charge is 0.378 e. The molecule has 0 saturated carbocycles. The molecule has 0 spiro atoms. The van der Waals surface area contributed by atoms with Crippen molar-refractivity contribution >= 4 is 23.1 Å². The van der Waals surface area contributed by atoms with Crippen LogP contribution in [0.4, 0.5) is 23.1 Å². The summed E-state index contributed by atoms with van der Waals surface area (Å²) in [6.07, 6.45) is 4.10. The summed E-state index contributed by atoms with van der Waals surface area (Å²) >= 11 is 0. The van der Waals surface area contributed by atoms with Gasteiger partial charge in [0.2, 0.25) is 5.95 Å². The van der Waals surface area contributed by atoms with Gasteiger partial charge in [-0.3, -0.25) is 0 Å². The van der Waals surface area contributed by atoms with Crippen molar-refractivity contribution in [1.29, 1.82) is 0 Å². The monoisotopic (exact) mass is 299 g/mol. The number of anilines is 4. The fourth-order valence-corrected chi connectivity index (χ4v) is 2.09. The fourth-order valence-electron chi connectivity index (χ4n) is 2.09. The van der Waals surface area contributed by atoms with Crippen LogP contribution in [0.5, 0.6) is 0 Å². The Labute approximate surface area is 133 Å². The van der Waals surface area contributed by atoms with Gasteiger partial charge in [-0.1, -0.05) is 13.3 Å². The lowest BCUT2D eigenvalue weighted by Crippen LogP contribution is -2.21. The second kappa shape index (κ2) is 7.64. The van der Waals surface area contributed by atoms with Crippen molar-refractivity contribution in [3.63, 3.8) is 0 Å². The van der Waals surface area contributed by atoms with Crippen LogP contribution in [-0.4, -0.2) is 37.7 Å². The normalized spacial score (nSPS) is 10.4. The van der Waals surface area contributed by atoms with Crippen LogP contribution in [0.2, 0.25) is 0 Å². The molecule has 1 N–H and O–H groups in total. The molecule has 0 aliphatic rings. The Morgan fingerprint density at radius 2 is 1.77 bits per heavy atom. The van der Waals surface area contributed by atoms with E-state index in [1.807, 2.05) is 27.2 Å². The first-order valence-corrected chi connectivity index (χ1v) is 7.68. The highest BCUT2D eigenvalue weighted by Gasteiger charge is 2.05. The van der Waals surface area contributed by atoms with Crippen LogP contribution >= 0.6 is 0 Å². The Balaban J connectivity index is 2.06. The molecule has 1 aromatic heterocycles. The predicted molar refractivity (Wildman–Crippen MR) is 94.3 cm³/mol. The Morgan fingerprint density at radius 1 is 1.05 bits per heavy atom. The van der Waals surface area contributed by atoms with E-state index in [0.717, 1.165) is 30.4 Å². The van der Waals surface area contributed by atoms with Gasteiger partial charge in [0.05, 0.1) is 0 Å². The Morgan fingerprint density at radius 3 is 2.41 bits per heavy atom. The van der Waals surface area contributed by atoms with Gasteiger partial charge in [0.15, 0.2) is 0 Å². The molecule has 0 unspecified atom stereocenters. The van der Waals surface area contributed by atoms with Gasteiger partial charge in [-0.05, 0) is 36.8 Å². The van der Waals surface area contributed by atoms with E-state index in [0.29, 0.717) is 0 Å². The number of unbranched alkanes of at least 4 members (excludes halogenated alkanes) is 1. The lowest BCUT2D eigenvalue weighted by atomic mass is 10.2. The average Bonchev–Trinajstić information content (AvgIpc) is 2.53. The van der Waals surface area contributed by atoms with Gasteiger partial charge in [0.1, 0.15) is 5.82 Å². The third-order valence-corrected chi connectivity index (χ3v) is 3.49. The Bertz CT molecular complexity index is 580. The van der Waals surface area contributed by atoms with Gasteiger partial charge >= 0.3 is 0 Å². The van der Waals surface area contributed by atoms with Crippen LogP contribution in [0.15, 0.2) is 36.5 Å². The summed E-state index contributed by atoms with van der Waals surface area (Å²) < 4.78 is 0. The predicted octanol–water partition coefficient (Wildman–Crippen LogP) is 3.52. The number of aromatic nitrogens is 2. The van der Waals surface area contributed by atoms with Gasteiger partial charge in [0.25, 0.3) is 0 Å². The molecular weight excluding hydrogens is 274 g/mol. The lowest BCUT2D eigenvalue weighted by Gasteiger charge is -2.17. The van der Waals surface area contributed by atoms with E-state index < -0.39 is 0 Å². The first-order valence-electron chi connectivity index (χ1n) is 7.68. The van der Waals surface area contributed by atoms with Crippen molar-refractivity contribution in [2.24, 2.45) is 0 Å². The first kappa shape index (κ1) is 16.1. The summed E-state index contributed by atoms with van der Waals surface area (Å²) in [4.78, 5) is 13.1. The van der Waals surface area contributed by atoms with E-state index in [2.05, 4.69) is 56.3 Å². The molecule has 0 radical (unpaired) electrons. The fraction of sp³-hybridized carbons (Fsp3) is 0.412. The van der Waals surface area contributed by atoms with Crippen LogP contribution in [0.25, 0.3) is 0 Å². The van der Waals surface area contributed by atoms with Gasteiger partial charge < -0.3 is 15.1 Å². The highest BCUT2D eigenvalue weighted by molar-refractivity contribution is 5.61. The maximum absolute atomic E-state index is 4.57. The summed E-state index contributed by atoms with van der Waals surface area (Å²) in [6, 6.07) is 10.2. The topological polar surface area (TPSA) is 44.3 Å². The third kappa shape index (κ3) is 4.35. The summed E-state index contributed by atoms with van der Waals surface area (Å²) in [6.45, 7) is 3.15. The summed E-state index contributed by atoms with van der Waals surface area (Å²) in [5.41, 5.74) is 2.19. The minimum Gasteiger partial charge on any atom is -0.378 e. The Hall–Kier alpha value is -2.30. The quantitative estimate of drug-likeness (QED) is 0.847. The number of rotatable bonds is 7. The van der Waals surface area contributed by atoms with Crippen molar-refractivity contribution in [1.82, 2.24) is 9.97 Å². The zero-order chi connectivity index (χ0) is 15.9. The van der Waals surface area contributed by atoms with E-state index in [1.54, 1.807) is 6.20 Å². The van der Waals surface area contributed by atoms with Crippen LogP contribution in [0.1, 0.15) is 19.8 Å². The molecule has 0 fully saturated rings. The Kier molecular flexibility index (Phi) is 5.58. The average molecular weight is 299 g/mol. The molecule has 2 rings (SSSR count). The van der Waals surface area contributed by atoms with Crippen molar-refractivity contribution in [3.8, 4) is 0 Å². The van der Waals surface area contributed by atoms with Crippen LogP contribution in [0, 0.1) is 0 Å². The van der Waals surface area contributed by atoms with Crippen molar-refractivity contribution in [3.05, 3.63) is 36.5 Å². The molecule has 22 heavy (non-hydrogen) atoms. The van der Waals surface area contributed by atoms with Crippen LogP contribution in [-0.2, 0) is 0 Å². The number of nitrogens with zero attached hydrogens (tertiary/aromatic N) is 4.